The van der Waals surface area contributed by atoms with Gasteiger partial charge in [0.15, 0.2) is 0 Å². The Hall–Kier alpha value is -1.62. The Bertz CT molecular complexity index is 457. The second-order valence-corrected chi connectivity index (χ2v) is 4.19. The molecule has 0 fully saturated rings. The minimum absolute atomic E-state index is 0.970. The van der Waals surface area contributed by atoms with Gasteiger partial charge in [0.25, 0.3) is 0 Å². The molecule has 0 amide bonds. The first kappa shape index (κ1) is 11.9. The van der Waals surface area contributed by atoms with Gasteiger partial charge in [0, 0.05) is 38.7 Å². The molecule has 2 heterocycles. The van der Waals surface area contributed by atoms with E-state index in [0.29, 0.717) is 0 Å². The Kier molecular flexibility index (Phi) is 3.93. The van der Waals surface area contributed by atoms with Gasteiger partial charge in [-0.05, 0) is 25.5 Å². The monoisotopic (exact) mass is 233 g/mol. The number of hydrogen-bond acceptors (Lipinski definition) is 3. The third-order valence-corrected chi connectivity index (χ3v) is 2.80. The summed E-state index contributed by atoms with van der Waals surface area (Å²) in [5.74, 6) is 1.07. The Labute approximate surface area is 101 Å². The van der Waals surface area contributed by atoms with Crippen molar-refractivity contribution in [3.8, 4) is 0 Å². The van der Waals surface area contributed by atoms with Crippen molar-refractivity contribution in [2.24, 2.45) is 7.05 Å². The van der Waals surface area contributed by atoms with Gasteiger partial charge in [-0.3, -0.25) is 4.68 Å². The molecule has 0 aliphatic carbocycles. The molecule has 5 nitrogen and oxygen atoms in total. The van der Waals surface area contributed by atoms with Crippen LogP contribution in [0.15, 0.2) is 24.8 Å². The molecular weight excluding hydrogens is 214 g/mol. The van der Waals surface area contributed by atoms with Crippen molar-refractivity contribution in [3.05, 3.63) is 36.2 Å². The number of hydrogen-bond donors (Lipinski definition) is 1. The highest BCUT2D eigenvalue weighted by Crippen LogP contribution is 1.96. The van der Waals surface area contributed by atoms with Crippen LogP contribution in [0.25, 0.3) is 0 Å². The number of nitrogens with one attached hydrogen (secondary N) is 1. The van der Waals surface area contributed by atoms with E-state index in [1.54, 1.807) is 0 Å². The number of aryl methyl sites for hydroxylation is 2. The van der Waals surface area contributed by atoms with Crippen molar-refractivity contribution in [1.29, 1.82) is 0 Å². The standard InChI is InChI=1S/C12H19N5/c1-11-14-6-8-17(11)7-5-13-4-3-12-9-15-16(2)10-12/h6,8-10,13H,3-5,7H2,1-2H3. The maximum Gasteiger partial charge on any atom is 0.105 e. The lowest BCUT2D eigenvalue weighted by Crippen LogP contribution is -2.22. The molecule has 0 saturated heterocycles. The highest BCUT2D eigenvalue weighted by molar-refractivity contribution is 5.03. The minimum Gasteiger partial charge on any atom is -0.334 e. The second kappa shape index (κ2) is 5.63. The first-order valence-corrected chi connectivity index (χ1v) is 5.91. The van der Waals surface area contributed by atoms with Crippen LogP contribution >= 0.6 is 0 Å². The van der Waals surface area contributed by atoms with Crippen LogP contribution in [0.2, 0.25) is 0 Å². The average Bonchev–Trinajstić information content (AvgIpc) is 2.88. The topological polar surface area (TPSA) is 47.7 Å². The maximum atomic E-state index is 4.19. The van der Waals surface area contributed by atoms with E-state index in [9.17, 15) is 0 Å². The van der Waals surface area contributed by atoms with Crippen LogP contribution in [0.5, 0.6) is 0 Å². The van der Waals surface area contributed by atoms with Gasteiger partial charge in [-0.15, -0.1) is 0 Å². The van der Waals surface area contributed by atoms with Gasteiger partial charge >= 0.3 is 0 Å². The molecule has 1 N–H and O–H groups in total. The summed E-state index contributed by atoms with van der Waals surface area (Å²) in [5, 5.41) is 7.57. The molecule has 0 atom stereocenters. The van der Waals surface area contributed by atoms with E-state index in [2.05, 4.69) is 26.2 Å². The van der Waals surface area contributed by atoms with Gasteiger partial charge in [0.2, 0.25) is 0 Å². The van der Waals surface area contributed by atoms with Crippen LogP contribution in [-0.4, -0.2) is 32.4 Å². The molecule has 2 rings (SSSR count). The van der Waals surface area contributed by atoms with E-state index in [1.165, 1.54) is 5.56 Å². The van der Waals surface area contributed by atoms with E-state index in [1.807, 2.05) is 37.2 Å². The fourth-order valence-electron chi connectivity index (χ4n) is 1.80. The van der Waals surface area contributed by atoms with Gasteiger partial charge in [-0.1, -0.05) is 0 Å². The summed E-state index contributed by atoms with van der Waals surface area (Å²) in [6, 6.07) is 0. The van der Waals surface area contributed by atoms with E-state index >= 15 is 0 Å². The van der Waals surface area contributed by atoms with Crippen molar-refractivity contribution < 1.29 is 0 Å². The zero-order valence-corrected chi connectivity index (χ0v) is 10.4. The van der Waals surface area contributed by atoms with Crippen LogP contribution in [0.4, 0.5) is 0 Å². The van der Waals surface area contributed by atoms with Crippen molar-refractivity contribution in [3.63, 3.8) is 0 Å². The smallest absolute Gasteiger partial charge is 0.105 e. The molecule has 0 spiro atoms. The summed E-state index contributed by atoms with van der Waals surface area (Å²) in [5.41, 5.74) is 1.28. The lowest BCUT2D eigenvalue weighted by molar-refractivity contribution is 0.588. The molecule has 0 radical (unpaired) electrons. The lowest BCUT2D eigenvalue weighted by atomic mass is 10.2. The molecule has 17 heavy (non-hydrogen) atoms. The SMILES string of the molecule is Cc1nccn1CCNCCc1cnn(C)c1. The molecule has 0 aliphatic heterocycles. The largest absolute Gasteiger partial charge is 0.334 e. The fourth-order valence-corrected chi connectivity index (χ4v) is 1.80. The van der Waals surface area contributed by atoms with Crippen molar-refractivity contribution in [2.45, 2.75) is 19.9 Å². The second-order valence-electron chi connectivity index (χ2n) is 4.19. The van der Waals surface area contributed by atoms with Crippen LogP contribution in [0.1, 0.15) is 11.4 Å². The predicted octanol–water partition coefficient (Wildman–Crippen LogP) is 0.757. The summed E-state index contributed by atoms with van der Waals surface area (Å²) in [6.45, 7) is 4.95. The highest BCUT2D eigenvalue weighted by Gasteiger charge is 1.97. The molecule has 5 heteroatoms. The Morgan fingerprint density at radius 2 is 2.24 bits per heavy atom. The third-order valence-electron chi connectivity index (χ3n) is 2.80. The third kappa shape index (κ3) is 3.42. The zero-order valence-electron chi connectivity index (χ0n) is 10.4. The summed E-state index contributed by atoms with van der Waals surface area (Å²) in [4.78, 5) is 4.19. The predicted molar refractivity (Wildman–Crippen MR) is 66.7 cm³/mol. The molecule has 0 unspecified atom stereocenters. The zero-order chi connectivity index (χ0) is 12.1. The summed E-state index contributed by atoms with van der Waals surface area (Å²) in [7, 11) is 1.94. The van der Waals surface area contributed by atoms with E-state index in [0.717, 1.165) is 31.9 Å². The number of nitrogens with zero attached hydrogens (tertiary/aromatic N) is 4. The molecule has 0 aliphatic rings. The number of rotatable bonds is 6. The number of aromatic nitrogens is 4. The van der Waals surface area contributed by atoms with E-state index in [-0.39, 0.29) is 0 Å². The first-order chi connectivity index (χ1) is 8.25. The van der Waals surface area contributed by atoms with Crippen LogP contribution in [-0.2, 0) is 20.0 Å². The van der Waals surface area contributed by atoms with Gasteiger partial charge in [0.1, 0.15) is 5.82 Å². The maximum absolute atomic E-state index is 4.19. The first-order valence-electron chi connectivity index (χ1n) is 5.91. The quantitative estimate of drug-likeness (QED) is 0.749. The van der Waals surface area contributed by atoms with Crippen LogP contribution in [0, 0.1) is 6.92 Å². The fraction of sp³-hybridized carbons (Fsp3) is 0.500. The summed E-state index contributed by atoms with van der Waals surface area (Å²) >= 11 is 0. The Balaban J connectivity index is 1.62. The minimum atomic E-state index is 0.970. The van der Waals surface area contributed by atoms with Crippen molar-refractivity contribution in [1.82, 2.24) is 24.6 Å². The van der Waals surface area contributed by atoms with Gasteiger partial charge < -0.3 is 9.88 Å². The highest BCUT2D eigenvalue weighted by atomic mass is 15.2. The molecule has 0 saturated carbocycles. The molecule has 0 bridgehead atoms. The van der Waals surface area contributed by atoms with Crippen molar-refractivity contribution >= 4 is 0 Å². The molecule has 2 aromatic heterocycles. The van der Waals surface area contributed by atoms with Crippen LogP contribution < -0.4 is 5.32 Å². The summed E-state index contributed by atoms with van der Waals surface area (Å²) < 4.78 is 3.99. The molecule has 92 valence electrons. The van der Waals surface area contributed by atoms with Crippen LogP contribution in [0.3, 0.4) is 0 Å². The van der Waals surface area contributed by atoms with Crippen molar-refractivity contribution in [2.75, 3.05) is 13.1 Å². The van der Waals surface area contributed by atoms with Gasteiger partial charge in [0.05, 0.1) is 6.20 Å². The lowest BCUT2D eigenvalue weighted by Gasteiger charge is -2.06. The van der Waals surface area contributed by atoms with Gasteiger partial charge in [-0.2, -0.15) is 5.10 Å². The summed E-state index contributed by atoms with van der Waals surface area (Å²) in [6.07, 6.45) is 8.85. The molecule has 0 aromatic carbocycles. The normalized spacial score (nSPS) is 10.9. The molecular formula is C12H19N5. The number of imidazole rings is 1. The van der Waals surface area contributed by atoms with E-state index < -0.39 is 0 Å². The Morgan fingerprint density at radius 1 is 1.35 bits per heavy atom. The van der Waals surface area contributed by atoms with Gasteiger partial charge in [-0.25, -0.2) is 4.98 Å². The average molecular weight is 233 g/mol. The molecule has 2 aromatic rings. The Morgan fingerprint density at radius 3 is 2.88 bits per heavy atom. The van der Waals surface area contributed by atoms with E-state index in [4.69, 9.17) is 0 Å².